The lowest BCUT2D eigenvalue weighted by Gasteiger charge is -2.14. The first-order valence-electron chi connectivity index (χ1n) is 6.63. The molecule has 0 unspecified atom stereocenters. The predicted molar refractivity (Wildman–Crippen MR) is 78.1 cm³/mol. The van der Waals surface area contributed by atoms with Crippen molar-refractivity contribution in [1.82, 2.24) is 0 Å². The highest BCUT2D eigenvalue weighted by atomic mass is 16.5. The molecule has 0 spiro atoms. The number of rotatable bonds is 5. The second-order valence-electron chi connectivity index (χ2n) is 4.72. The summed E-state index contributed by atoms with van der Waals surface area (Å²) in [5.74, 6) is -1.29. The molecule has 0 aliphatic heterocycles. The first kappa shape index (κ1) is 14.8. The SMILES string of the molecule is C[C@H](OC(=O)Cc1ccccc1)c1ccc(C(=O)O)cc1. The molecule has 1 atom stereocenters. The van der Waals surface area contributed by atoms with Crippen LogP contribution in [0.25, 0.3) is 0 Å². The van der Waals surface area contributed by atoms with E-state index >= 15 is 0 Å². The summed E-state index contributed by atoms with van der Waals surface area (Å²) in [6.45, 7) is 1.76. The zero-order valence-corrected chi connectivity index (χ0v) is 11.7. The van der Waals surface area contributed by atoms with Gasteiger partial charge in [0.1, 0.15) is 6.10 Å². The molecule has 0 bridgehead atoms. The molecule has 2 aromatic rings. The Balaban J connectivity index is 1.95. The molecule has 0 radical (unpaired) electrons. The number of benzene rings is 2. The van der Waals surface area contributed by atoms with Crippen molar-refractivity contribution >= 4 is 11.9 Å². The van der Waals surface area contributed by atoms with E-state index in [0.29, 0.717) is 0 Å². The normalized spacial score (nSPS) is 11.7. The summed E-state index contributed by atoms with van der Waals surface area (Å²) in [5, 5.41) is 8.84. The van der Waals surface area contributed by atoms with Gasteiger partial charge in [-0.3, -0.25) is 4.79 Å². The summed E-state index contributed by atoms with van der Waals surface area (Å²) < 4.78 is 5.35. The van der Waals surface area contributed by atoms with E-state index in [0.717, 1.165) is 11.1 Å². The highest BCUT2D eigenvalue weighted by molar-refractivity contribution is 5.87. The van der Waals surface area contributed by atoms with Crippen LogP contribution in [0, 0.1) is 0 Å². The summed E-state index contributed by atoms with van der Waals surface area (Å²) in [6, 6.07) is 15.7. The summed E-state index contributed by atoms with van der Waals surface area (Å²) in [6.07, 6.45) is -0.192. The maximum atomic E-state index is 11.9. The Hall–Kier alpha value is -2.62. The molecule has 4 heteroatoms. The Morgan fingerprint density at radius 3 is 2.24 bits per heavy atom. The molecule has 21 heavy (non-hydrogen) atoms. The molecule has 0 fully saturated rings. The predicted octanol–water partition coefficient (Wildman–Crippen LogP) is 3.23. The third-order valence-electron chi connectivity index (χ3n) is 3.13. The van der Waals surface area contributed by atoms with Gasteiger partial charge in [0.25, 0.3) is 0 Å². The van der Waals surface area contributed by atoms with Crippen molar-refractivity contribution < 1.29 is 19.4 Å². The topological polar surface area (TPSA) is 63.6 Å². The fourth-order valence-electron chi connectivity index (χ4n) is 1.97. The number of esters is 1. The Morgan fingerprint density at radius 1 is 1.05 bits per heavy atom. The van der Waals surface area contributed by atoms with E-state index in [1.54, 1.807) is 19.1 Å². The van der Waals surface area contributed by atoms with Crippen LogP contribution in [0.5, 0.6) is 0 Å². The lowest BCUT2D eigenvalue weighted by atomic mass is 10.1. The number of carbonyl (C=O) groups excluding carboxylic acids is 1. The summed E-state index contributed by atoms with van der Waals surface area (Å²) in [4.78, 5) is 22.6. The molecule has 2 aromatic carbocycles. The van der Waals surface area contributed by atoms with Crippen LogP contribution in [0.3, 0.4) is 0 Å². The number of hydrogen-bond donors (Lipinski definition) is 1. The molecule has 0 aliphatic carbocycles. The summed E-state index contributed by atoms with van der Waals surface area (Å²) >= 11 is 0. The van der Waals surface area contributed by atoms with Crippen LogP contribution >= 0.6 is 0 Å². The van der Waals surface area contributed by atoms with Crippen molar-refractivity contribution in [2.24, 2.45) is 0 Å². The summed E-state index contributed by atoms with van der Waals surface area (Å²) in [5.41, 5.74) is 1.87. The molecule has 4 nitrogen and oxygen atoms in total. The number of ether oxygens (including phenoxy) is 1. The molecular formula is C17H16O4. The molecule has 0 amide bonds. The van der Waals surface area contributed by atoms with E-state index in [9.17, 15) is 9.59 Å². The van der Waals surface area contributed by atoms with Gasteiger partial charge >= 0.3 is 11.9 Å². The van der Waals surface area contributed by atoms with Gasteiger partial charge in [0, 0.05) is 0 Å². The molecule has 108 valence electrons. The van der Waals surface area contributed by atoms with Crippen molar-refractivity contribution in [1.29, 1.82) is 0 Å². The minimum absolute atomic E-state index is 0.210. The Labute approximate surface area is 123 Å². The second-order valence-corrected chi connectivity index (χ2v) is 4.72. The molecule has 1 N–H and O–H groups in total. The largest absolute Gasteiger partial charge is 0.478 e. The van der Waals surface area contributed by atoms with Gasteiger partial charge in [0.2, 0.25) is 0 Å². The third-order valence-corrected chi connectivity index (χ3v) is 3.13. The Bertz CT molecular complexity index is 617. The molecule has 0 saturated heterocycles. The molecule has 0 saturated carbocycles. The molecule has 2 rings (SSSR count). The van der Waals surface area contributed by atoms with Gasteiger partial charge in [0.15, 0.2) is 0 Å². The van der Waals surface area contributed by atoms with Crippen molar-refractivity contribution in [3.8, 4) is 0 Å². The van der Waals surface area contributed by atoms with E-state index in [4.69, 9.17) is 9.84 Å². The zero-order chi connectivity index (χ0) is 15.2. The average molecular weight is 284 g/mol. The van der Waals surface area contributed by atoms with Gasteiger partial charge < -0.3 is 9.84 Å². The lowest BCUT2D eigenvalue weighted by molar-refractivity contribution is -0.147. The Morgan fingerprint density at radius 2 is 1.67 bits per heavy atom. The maximum Gasteiger partial charge on any atom is 0.335 e. The summed E-state index contributed by atoms with van der Waals surface area (Å²) in [7, 11) is 0. The number of carbonyl (C=O) groups is 2. The smallest absolute Gasteiger partial charge is 0.335 e. The van der Waals surface area contributed by atoms with Crippen LogP contribution < -0.4 is 0 Å². The quantitative estimate of drug-likeness (QED) is 0.856. The van der Waals surface area contributed by atoms with Crippen LogP contribution in [0.4, 0.5) is 0 Å². The minimum Gasteiger partial charge on any atom is -0.478 e. The fourth-order valence-corrected chi connectivity index (χ4v) is 1.97. The highest BCUT2D eigenvalue weighted by Crippen LogP contribution is 2.18. The van der Waals surface area contributed by atoms with Crippen molar-refractivity contribution in [3.05, 3.63) is 71.3 Å². The van der Waals surface area contributed by atoms with Gasteiger partial charge in [-0.1, -0.05) is 42.5 Å². The minimum atomic E-state index is -0.977. The van der Waals surface area contributed by atoms with E-state index < -0.39 is 12.1 Å². The number of carboxylic acid groups (broad SMARTS) is 1. The first-order valence-corrected chi connectivity index (χ1v) is 6.63. The van der Waals surface area contributed by atoms with Crippen LogP contribution in [-0.2, 0) is 16.0 Å². The second kappa shape index (κ2) is 6.70. The molecular weight excluding hydrogens is 268 g/mol. The molecule has 0 aromatic heterocycles. The van der Waals surface area contributed by atoms with Gasteiger partial charge in [-0.2, -0.15) is 0 Å². The zero-order valence-electron chi connectivity index (χ0n) is 11.7. The fraction of sp³-hybridized carbons (Fsp3) is 0.176. The van der Waals surface area contributed by atoms with E-state index in [-0.39, 0.29) is 18.0 Å². The first-order chi connectivity index (χ1) is 10.1. The van der Waals surface area contributed by atoms with Crippen LogP contribution in [0.1, 0.15) is 34.5 Å². The van der Waals surface area contributed by atoms with Crippen molar-refractivity contribution in [2.75, 3.05) is 0 Å². The highest BCUT2D eigenvalue weighted by Gasteiger charge is 2.13. The van der Waals surface area contributed by atoms with Crippen molar-refractivity contribution in [2.45, 2.75) is 19.4 Å². The standard InChI is InChI=1S/C17H16O4/c1-12(14-7-9-15(10-8-14)17(19)20)21-16(18)11-13-5-3-2-4-6-13/h2-10,12H,11H2,1H3,(H,19,20)/t12-/m0/s1. The van der Waals surface area contributed by atoms with Gasteiger partial charge in [0.05, 0.1) is 12.0 Å². The van der Waals surface area contributed by atoms with E-state index in [1.807, 2.05) is 30.3 Å². The van der Waals surface area contributed by atoms with Crippen LogP contribution in [-0.4, -0.2) is 17.0 Å². The number of hydrogen-bond acceptors (Lipinski definition) is 3. The van der Waals surface area contributed by atoms with Crippen LogP contribution in [0.15, 0.2) is 54.6 Å². The lowest BCUT2D eigenvalue weighted by Crippen LogP contribution is -2.11. The third kappa shape index (κ3) is 4.18. The van der Waals surface area contributed by atoms with E-state index in [2.05, 4.69) is 0 Å². The monoisotopic (exact) mass is 284 g/mol. The number of aromatic carboxylic acids is 1. The number of carboxylic acids is 1. The van der Waals surface area contributed by atoms with Gasteiger partial charge in [-0.25, -0.2) is 4.79 Å². The van der Waals surface area contributed by atoms with Gasteiger partial charge in [-0.05, 0) is 30.2 Å². The maximum absolute atomic E-state index is 11.9. The van der Waals surface area contributed by atoms with E-state index in [1.165, 1.54) is 12.1 Å². The molecule has 0 aliphatic rings. The Kier molecular flexibility index (Phi) is 4.72. The van der Waals surface area contributed by atoms with Crippen molar-refractivity contribution in [3.63, 3.8) is 0 Å². The molecule has 0 heterocycles. The van der Waals surface area contributed by atoms with Crippen LogP contribution in [0.2, 0.25) is 0 Å². The van der Waals surface area contributed by atoms with Gasteiger partial charge in [-0.15, -0.1) is 0 Å². The average Bonchev–Trinajstić information content (AvgIpc) is 2.48.